The molecule has 3 rings (SSSR count). The molecule has 2 aromatic carbocycles. The molecule has 0 unspecified atom stereocenters. The zero-order chi connectivity index (χ0) is 16.2. The van der Waals surface area contributed by atoms with Crippen LogP contribution in [-0.2, 0) is 6.61 Å². The van der Waals surface area contributed by atoms with E-state index in [1.807, 2.05) is 31.2 Å². The molecular formula is C16H13N3O4. The lowest BCUT2D eigenvalue weighted by Gasteiger charge is -2.03. The minimum absolute atomic E-state index is 0.0104. The third kappa shape index (κ3) is 3.52. The second-order valence-corrected chi connectivity index (χ2v) is 4.91. The summed E-state index contributed by atoms with van der Waals surface area (Å²) in [7, 11) is 0. The third-order valence-corrected chi connectivity index (χ3v) is 3.14. The first-order chi connectivity index (χ1) is 11.1. The molecule has 7 heteroatoms. The van der Waals surface area contributed by atoms with E-state index in [4.69, 9.17) is 9.15 Å². The lowest BCUT2D eigenvalue weighted by atomic mass is 10.2. The normalized spacial score (nSPS) is 10.5. The predicted octanol–water partition coefficient (Wildman–Crippen LogP) is 3.53. The smallest absolute Gasteiger partial charge is 0.269 e. The molecule has 7 nitrogen and oxygen atoms in total. The summed E-state index contributed by atoms with van der Waals surface area (Å²) in [4.78, 5) is 10.2. The number of nitrogens with zero attached hydrogens (tertiary/aromatic N) is 3. The molecule has 3 aromatic rings. The lowest BCUT2D eigenvalue weighted by molar-refractivity contribution is -0.384. The Morgan fingerprint density at radius 3 is 2.65 bits per heavy atom. The van der Waals surface area contributed by atoms with Gasteiger partial charge in [0.1, 0.15) is 5.75 Å². The van der Waals surface area contributed by atoms with Gasteiger partial charge in [-0.25, -0.2) is 0 Å². The Kier molecular flexibility index (Phi) is 4.01. The average molecular weight is 311 g/mol. The molecule has 0 radical (unpaired) electrons. The highest BCUT2D eigenvalue weighted by Crippen LogP contribution is 2.22. The summed E-state index contributed by atoms with van der Waals surface area (Å²) in [6.07, 6.45) is 0. The van der Waals surface area contributed by atoms with Crippen molar-refractivity contribution in [2.45, 2.75) is 13.5 Å². The standard InChI is InChI=1S/C16H13N3O4/c1-11-3-2-4-14(9-11)22-10-15-17-18-16(23-15)12-5-7-13(8-6-12)19(20)21/h2-9H,10H2,1H3. The molecule has 1 aromatic heterocycles. The van der Waals surface area contributed by atoms with E-state index >= 15 is 0 Å². The van der Waals surface area contributed by atoms with Crippen LogP contribution in [-0.4, -0.2) is 15.1 Å². The number of aryl methyl sites for hydroxylation is 1. The SMILES string of the molecule is Cc1cccc(OCc2nnc(-c3ccc([N+](=O)[O-])cc3)o2)c1. The van der Waals surface area contributed by atoms with Gasteiger partial charge in [0, 0.05) is 17.7 Å². The molecule has 1 heterocycles. The van der Waals surface area contributed by atoms with E-state index < -0.39 is 4.92 Å². The van der Waals surface area contributed by atoms with Gasteiger partial charge in [0.25, 0.3) is 11.6 Å². The van der Waals surface area contributed by atoms with Crippen LogP contribution in [0.2, 0.25) is 0 Å². The molecule has 0 saturated heterocycles. The highest BCUT2D eigenvalue weighted by Gasteiger charge is 2.11. The summed E-state index contributed by atoms with van der Waals surface area (Å²) in [5, 5.41) is 18.5. The average Bonchev–Trinajstić information content (AvgIpc) is 3.02. The number of hydrogen-bond acceptors (Lipinski definition) is 6. The fraction of sp³-hybridized carbons (Fsp3) is 0.125. The predicted molar refractivity (Wildman–Crippen MR) is 81.9 cm³/mol. The first kappa shape index (κ1) is 14.7. The van der Waals surface area contributed by atoms with E-state index in [2.05, 4.69) is 10.2 Å². The van der Waals surface area contributed by atoms with Gasteiger partial charge < -0.3 is 9.15 Å². The monoisotopic (exact) mass is 311 g/mol. The molecule has 23 heavy (non-hydrogen) atoms. The summed E-state index contributed by atoms with van der Waals surface area (Å²) < 4.78 is 11.1. The number of nitro groups is 1. The van der Waals surface area contributed by atoms with Gasteiger partial charge in [0.2, 0.25) is 5.89 Å². The van der Waals surface area contributed by atoms with E-state index in [0.717, 1.165) is 11.3 Å². The molecule has 0 atom stereocenters. The van der Waals surface area contributed by atoms with Crippen molar-refractivity contribution in [1.29, 1.82) is 0 Å². The van der Waals surface area contributed by atoms with Gasteiger partial charge >= 0.3 is 0 Å². The van der Waals surface area contributed by atoms with Gasteiger partial charge in [-0.3, -0.25) is 10.1 Å². The summed E-state index contributed by atoms with van der Waals surface area (Å²) in [6, 6.07) is 13.6. The van der Waals surface area contributed by atoms with Crippen LogP contribution in [0.5, 0.6) is 5.75 Å². The van der Waals surface area contributed by atoms with Crippen molar-refractivity contribution < 1.29 is 14.1 Å². The van der Waals surface area contributed by atoms with E-state index in [0.29, 0.717) is 17.3 Å². The Hall–Kier alpha value is -3.22. The van der Waals surface area contributed by atoms with Crippen molar-refractivity contribution in [1.82, 2.24) is 10.2 Å². The number of benzene rings is 2. The maximum atomic E-state index is 10.6. The van der Waals surface area contributed by atoms with Crippen molar-refractivity contribution in [3.8, 4) is 17.2 Å². The Balaban J connectivity index is 1.69. The molecule has 0 aliphatic rings. The molecule has 0 amide bonds. The van der Waals surface area contributed by atoms with Gasteiger partial charge in [-0.1, -0.05) is 12.1 Å². The molecule has 0 aliphatic carbocycles. The number of hydrogen-bond donors (Lipinski definition) is 0. The fourth-order valence-electron chi connectivity index (χ4n) is 2.00. The summed E-state index contributed by atoms with van der Waals surface area (Å²) in [5.41, 5.74) is 1.72. The summed E-state index contributed by atoms with van der Waals surface area (Å²) >= 11 is 0. The molecule has 116 valence electrons. The van der Waals surface area contributed by atoms with Gasteiger partial charge in [0.05, 0.1) is 4.92 Å². The van der Waals surface area contributed by atoms with E-state index in [-0.39, 0.29) is 12.3 Å². The second kappa shape index (κ2) is 6.27. The molecule has 0 aliphatic heterocycles. The van der Waals surface area contributed by atoms with Gasteiger partial charge in [0.15, 0.2) is 6.61 Å². The molecule has 0 saturated carbocycles. The van der Waals surface area contributed by atoms with Crippen LogP contribution < -0.4 is 4.74 Å². The molecular weight excluding hydrogens is 298 g/mol. The van der Waals surface area contributed by atoms with Crippen LogP contribution in [0.3, 0.4) is 0 Å². The minimum Gasteiger partial charge on any atom is -0.484 e. The van der Waals surface area contributed by atoms with E-state index in [1.54, 1.807) is 12.1 Å². The number of non-ortho nitro benzene ring substituents is 1. The fourth-order valence-corrected chi connectivity index (χ4v) is 2.00. The Morgan fingerprint density at radius 2 is 1.96 bits per heavy atom. The Labute approximate surface area is 131 Å². The van der Waals surface area contributed by atoms with Crippen LogP contribution in [0.1, 0.15) is 11.5 Å². The van der Waals surface area contributed by atoms with E-state index in [1.165, 1.54) is 12.1 Å². The van der Waals surface area contributed by atoms with Gasteiger partial charge in [-0.15, -0.1) is 10.2 Å². The van der Waals surface area contributed by atoms with Crippen LogP contribution in [0.4, 0.5) is 5.69 Å². The largest absolute Gasteiger partial charge is 0.484 e. The Morgan fingerprint density at radius 1 is 1.17 bits per heavy atom. The zero-order valence-corrected chi connectivity index (χ0v) is 12.3. The highest BCUT2D eigenvalue weighted by molar-refractivity contribution is 5.55. The van der Waals surface area contributed by atoms with Gasteiger partial charge in [-0.05, 0) is 36.8 Å². The molecule has 0 fully saturated rings. The zero-order valence-electron chi connectivity index (χ0n) is 12.3. The third-order valence-electron chi connectivity index (χ3n) is 3.14. The van der Waals surface area contributed by atoms with Crippen LogP contribution in [0.25, 0.3) is 11.5 Å². The molecule has 0 N–H and O–H groups in total. The Bertz CT molecular complexity index is 827. The van der Waals surface area contributed by atoms with Crippen molar-refractivity contribution in [2.24, 2.45) is 0 Å². The topological polar surface area (TPSA) is 91.3 Å². The first-order valence-corrected chi connectivity index (χ1v) is 6.88. The minimum atomic E-state index is -0.460. The number of rotatable bonds is 5. The second-order valence-electron chi connectivity index (χ2n) is 4.91. The van der Waals surface area contributed by atoms with Crippen molar-refractivity contribution >= 4 is 5.69 Å². The van der Waals surface area contributed by atoms with Crippen LogP contribution >= 0.6 is 0 Å². The lowest BCUT2D eigenvalue weighted by Crippen LogP contribution is -1.95. The number of nitro benzene ring substituents is 1. The summed E-state index contributed by atoms with van der Waals surface area (Å²) in [6.45, 7) is 2.13. The van der Waals surface area contributed by atoms with Crippen LogP contribution in [0.15, 0.2) is 52.9 Å². The van der Waals surface area contributed by atoms with Gasteiger partial charge in [-0.2, -0.15) is 0 Å². The number of ether oxygens (including phenoxy) is 1. The quantitative estimate of drug-likeness (QED) is 0.528. The first-order valence-electron chi connectivity index (χ1n) is 6.88. The molecule has 0 spiro atoms. The number of aromatic nitrogens is 2. The van der Waals surface area contributed by atoms with Crippen molar-refractivity contribution in [3.63, 3.8) is 0 Å². The van der Waals surface area contributed by atoms with Crippen molar-refractivity contribution in [3.05, 3.63) is 70.1 Å². The van der Waals surface area contributed by atoms with Crippen molar-refractivity contribution in [2.75, 3.05) is 0 Å². The maximum Gasteiger partial charge on any atom is 0.269 e. The van der Waals surface area contributed by atoms with E-state index in [9.17, 15) is 10.1 Å². The summed E-state index contributed by atoms with van der Waals surface area (Å²) in [5.74, 6) is 1.35. The highest BCUT2D eigenvalue weighted by atomic mass is 16.6. The molecule has 0 bridgehead atoms. The maximum absolute atomic E-state index is 10.6. The van der Waals surface area contributed by atoms with Crippen LogP contribution in [0, 0.1) is 17.0 Å².